The lowest BCUT2D eigenvalue weighted by molar-refractivity contribution is 0.572. The van der Waals surface area contributed by atoms with E-state index in [1.165, 1.54) is 0 Å². The summed E-state index contributed by atoms with van der Waals surface area (Å²) in [5.41, 5.74) is 1.90. The van der Waals surface area contributed by atoms with E-state index in [1.807, 2.05) is 29.6 Å². The van der Waals surface area contributed by atoms with E-state index in [0.29, 0.717) is 18.0 Å². The Kier molecular flexibility index (Phi) is 5.37. The maximum atomic E-state index is 11.6. The van der Waals surface area contributed by atoms with Crippen molar-refractivity contribution in [3.05, 3.63) is 40.4 Å². The summed E-state index contributed by atoms with van der Waals surface area (Å²) in [6.07, 6.45) is 0.579. The Bertz CT molecular complexity index is 694. The summed E-state index contributed by atoms with van der Waals surface area (Å²) in [6, 6.07) is 7.50. The van der Waals surface area contributed by atoms with Crippen LogP contribution >= 0.6 is 22.9 Å². The predicted octanol–water partition coefficient (Wildman–Crippen LogP) is 3.33. The lowest BCUT2D eigenvalue weighted by Gasteiger charge is -2.08. The van der Waals surface area contributed by atoms with Gasteiger partial charge in [0.25, 0.3) is 0 Å². The molecule has 0 atom stereocenters. The van der Waals surface area contributed by atoms with Gasteiger partial charge in [0.1, 0.15) is 5.01 Å². The van der Waals surface area contributed by atoms with Gasteiger partial charge in [0.05, 0.1) is 10.9 Å². The van der Waals surface area contributed by atoms with E-state index in [-0.39, 0.29) is 0 Å². The van der Waals surface area contributed by atoms with Crippen molar-refractivity contribution in [1.29, 1.82) is 0 Å². The molecule has 0 saturated carbocycles. The number of rotatable bonds is 6. The number of nitrogens with zero attached hydrogens (tertiary/aromatic N) is 1. The maximum Gasteiger partial charge on any atom is 0.213 e. The SMILES string of the molecule is CC(C)S(=O)(=O)NCCc1csc(-c2ccc(Cl)cc2)n1. The number of hydrogen-bond acceptors (Lipinski definition) is 4. The molecule has 7 heteroatoms. The third-order valence-electron chi connectivity index (χ3n) is 2.95. The van der Waals surface area contributed by atoms with Gasteiger partial charge in [0.2, 0.25) is 10.0 Å². The normalized spacial score (nSPS) is 12.0. The summed E-state index contributed by atoms with van der Waals surface area (Å²) < 4.78 is 25.9. The lowest BCUT2D eigenvalue weighted by Crippen LogP contribution is -2.32. The zero-order valence-corrected chi connectivity index (χ0v) is 14.2. The molecule has 0 spiro atoms. The second-order valence-corrected chi connectivity index (χ2v) is 8.51. The molecule has 0 amide bonds. The standard InChI is InChI=1S/C14H17ClN2O2S2/c1-10(2)21(18,19)16-8-7-13-9-20-14(17-13)11-3-5-12(15)6-4-11/h3-6,9-10,16H,7-8H2,1-2H3. The van der Waals surface area contributed by atoms with Gasteiger partial charge >= 0.3 is 0 Å². The molecule has 4 nitrogen and oxygen atoms in total. The molecule has 0 radical (unpaired) electrons. The van der Waals surface area contributed by atoms with Gasteiger partial charge in [0, 0.05) is 28.9 Å². The molecule has 0 saturated heterocycles. The fraction of sp³-hybridized carbons (Fsp3) is 0.357. The number of hydrogen-bond donors (Lipinski definition) is 1. The van der Waals surface area contributed by atoms with Crippen LogP contribution < -0.4 is 4.72 Å². The number of nitrogens with one attached hydrogen (secondary N) is 1. The summed E-state index contributed by atoms with van der Waals surface area (Å²) in [6.45, 7) is 3.68. The average Bonchev–Trinajstić information content (AvgIpc) is 2.88. The Balaban J connectivity index is 1.96. The second-order valence-electron chi connectivity index (χ2n) is 4.89. The number of halogens is 1. The van der Waals surface area contributed by atoms with Crippen LogP contribution in [0.4, 0.5) is 0 Å². The third kappa shape index (κ3) is 4.51. The highest BCUT2D eigenvalue weighted by atomic mass is 35.5. The third-order valence-corrected chi connectivity index (χ3v) is 5.99. The van der Waals surface area contributed by atoms with Gasteiger partial charge in [-0.05, 0) is 26.0 Å². The van der Waals surface area contributed by atoms with E-state index < -0.39 is 15.3 Å². The topological polar surface area (TPSA) is 59.1 Å². The molecule has 114 valence electrons. The van der Waals surface area contributed by atoms with Gasteiger partial charge in [0.15, 0.2) is 0 Å². The molecular weight excluding hydrogens is 328 g/mol. The Labute approximate surface area is 134 Å². The predicted molar refractivity (Wildman–Crippen MR) is 88.3 cm³/mol. The molecular formula is C14H17ClN2O2S2. The number of sulfonamides is 1. The maximum absolute atomic E-state index is 11.6. The summed E-state index contributed by atoms with van der Waals surface area (Å²) in [4.78, 5) is 4.52. The van der Waals surface area contributed by atoms with Crippen molar-refractivity contribution in [2.75, 3.05) is 6.54 Å². The van der Waals surface area contributed by atoms with E-state index in [9.17, 15) is 8.42 Å². The van der Waals surface area contributed by atoms with Crippen molar-refractivity contribution in [2.24, 2.45) is 0 Å². The summed E-state index contributed by atoms with van der Waals surface area (Å²) >= 11 is 7.40. The molecule has 2 rings (SSSR count). The number of benzene rings is 1. The zero-order chi connectivity index (χ0) is 15.5. The van der Waals surface area contributed by atoms with E-state index in [0.717, 1.165) is 16.3 Å². The smallest absolute Gasteiger partial charge is 0.213 e. The van der Waals surface area contributed by atoms with Gasteiger partial charge < -0.3 is 0 Å². The van der Waals surface area contributed by atoms with Crippen LogP contribution in [0.15, 0.2) is 29.6 Å². The van der Waals surface area contributed by atoms with Crippen molar-refractivity contribution in [1.82, 2.24) is 9.71 Å². The molecule has 1 aromatic carbocycles. The highest BCUT2D eigenvalue weighted by molar-refractivity contribution is 7.90. The van der Waals surface area contributed by atoms with Crippen LogP contribution in [-0.2, 0) is 16.4 Å². The average molecular weight is 345 g/mol. The Morgan fingerprint density at radius 1 is 1.29 bits per heavy atom. The molecule has 1 N–H and O–H groups in total. The highest BCUT2D eigenvalue weighted by Gasteiger charge is 2.14. The minimum Gasteiger partial charge on any atom is -0.241 e. The minimum absolute atomic E-state index is 0.365. The van der Waals surface area contributed by atoms with Crippen LogP contribution in [0, 0.1) is 0 Å². The first-order chi connectivity index (χ1) is 9.88. The second kappa shape index (κ2) is 6.87. The van der Waals surface area contributed by atoms with Gasteiger partial charge in [-0.25, -0.2) is 18.1 Å². The highest BCUT2D eigenvalue weighted by Crippen LogP contribution is 2.25. The Morgan fingerprint density at radius 2 is 1.95 bits per heavy atom. The van der Waals surface area contributed by atoms with E-state index in [2.05, 4.69) is 9.71 Å². The zero-order valence-electron chi connectivity index (χ0n) is 11.8. The summed E-state index contributed by atoms with van der Waals surface area (Å²) in [5.74, 6) is 0. The van der Waals surface area contributed by atoms with E-state index in [4.69, 9.17) is 11.6 Å². The van der Waals surface area contributed by atoms with Gasteiger partial charge in [-0.2, -0.15) is 0 Å². The summed E-state index contributed by atoms with van der Waals surface area (Å²) in [5, 5.41) is 3.14. The van der Waals surface area contributed by atoms with E-state index >= 15 is 0 Å². The quantitative estimate of drug-likeness (QED) is 0.874. The van der Waals surface area contributed by atoms with Gasteiger partial charge in [-0.15, -0.1) is 11.3 Å². The first-order valence-corrected chi connectivity index (χ1v) is 9.37. The number of thiazole rings is 1. The Hall–Kier alpha value is -0.950. The van der Waals surface area contributed by atoms with Crippen molar-refractivity contribution < 1.29 is 8.42 Å². The molecule has 2 aromatic rings. The van der Waals surface area contributed by atoms with Gasteiger partial charge in [-0.1, -0.05) is 23.7 Å². The van der Waals surface area contributed by atoms with Crippen molar-refractivity contribution in [2.45, 2.75) is 25.5 Å². The molecule has 0 fully saturated rings. The summed E-state index contributed by atoms with van der Waals surface area (Å²) in [7, 11) is -3.21. The van der Waals surface area contributed by atoms with Crippen molar-refractivity contribution in [3.63, 3.8) is 0 Å². The fourth-order valence-electron chi connectivity index (χ4n) is 1.63. The molecule has 0 unspecified atom stereocenters. The number of aromatic nitrogens is 1. The monoisotopic (exact) mass is 344 g/mol. The molecule has 0 bridgehead atoms. The molecule has 1 heterocycles. The van der Waals surface area contributed by atoms with E-state index in [1.54, 1.807) is 25.2 Å². The largest absolute Gasteiger partial charge is 0.241 e. The van der Waals surface area contributed by atoms with Crippen LogP contribution in [0.25, 0.3) is 10.6 Å². The lowest BCUT2D eigenvalue weighted by atomic mass is 10.2. The molecule has 21 heavy (non-hydrogen) atoms. The fourth-order valence-corrected chi connectivity index (χ4v) is 3.34. The first kappa shape index (κ1) is 16.4. The Morgan fingerprint density at radius 3 is 2.57 bits per heavy atom. The molecule has 0 aliphatic heterocycles. The van der Waals surface area contributed by atoms with Crippen molar-refractivity contribution >= 4 is 33.0 Å². The van der Waals surface area contributed by atoms with Crippen LogP contribution in [0.1, 0.15) is 19.5 Å². The van der Waals surface area contributed by atoms with Crippen LogP contribution in [0.3, 0.4) is 0 Å². The molecule has 1 aromatic heterocycles. The minimum atomic E-state index is -3.21. The molecule has 0 aliphatic rings. The molecule has 0 aliphatic carbocycles. The van der Waals surface area contributed by atoms with Crippen LogP contribution in [-0.4, -0.2) is 25.2 Å². The first-order valence-electron chi connectivity index (χ1n) is 6.57. The van der Waals surface area contributed by atoms with Crippen LogP contribution in [0.5, 0.6) is 0 Å². The van der Waals surface area contributed by atoms with Gasteiger partial charge in [-0.3, -0.25) is 0 Å². The van der Waals surface area contributed by atoms with Crippen LogP contribution in [0.2, 0.25) is 5.02 Å². The van der Waals surface area contributed by atoms with Crippen molar-refractivity contribution in [3.8, 4) is 10.6 Å².